The van der Waals surface area contributed by atoms with Crippen LogP contribution in [0.15, 0.2) is 54.2 Å². The van der Waals surface area contributed by atoms with Crippen molar-refractivity contribution < 1.29 is 0 Å². The van der Waals surface area contributed by atoms with E-state index in [-0.39, 0.29) is 10.8 Å². The quantitative estimate of drug-likeness (QED) is 0.359. The first-order chi connectivity index (χ1) is 15.6. The third-order valence-electron chi connectivity index (χ3n) is 8.25. The minimum absolute atomic E-state index is 0.0683. The van der Waals surface area contributed by atoms with Gasteiger partial charge in [0.05, 0.1) is 0 Å². The zero-order valence-corrected chi connectivity index (χ0v) is 21.7. The van der Waals surface area contributed by atoms with Crippen molar-refractivity contribution >= 4 is 0 Å². The molecule has 0 atom stereocenters. The van der Waals surface area contributed by atoms with E-state index in [9.17, 15) is 0 Å². The van der Waals surface area contributed by atoms with Crippen molar-refractivity contribution in [3.8, 4) is 11.1 Å². The third kappa shape index (κ3) is 3.86. The zero-order valence-electron chi connectivity index (χ0n) is 21.7. The maximum Gasteiger partial charge on any atom is 0.0210 e. The minimum Gasteiger partial charge on any atom is -0.0753 e. The molecule has 0 radical (unpaired) electrons. The van der Waals surface area contributed by atoms with Crippen molar-refractivity contribution in [3.63, 3.8) is 0 Å². The number of hydrogen-bond acceptors (Lipinski definition) is 0. The second kappa shape index (κ2) is 7.86. The van der Waals surface area contributed by atoms with E-state index in [0.717, 1.165) is 6.42 Å². The van der Waals surface area contributed by atoms with Gasteiger partial charge in [0.2, 0.25) is 0 Å². The summed E-state index contributed by atoms with van der Waals surface area (Å²) < 4.78 is 0. The van der Waals surface area contributed by atoms with Gasteiger partial charge in [-0.3, -0.25) is 0 Å². The van der Waals surface area contributed by atoms with Crippen LogP contribution in [0.1, 0.15) is 105 Å². The lowest BCUT2D eigenvalue weighted by molar-refractivity contribution is 0.584. The molecule has 0 aliphatic heterocycles. The van der Waals surface area contributed by atoms with Crippen molar-refractivity contribution in [2.24, 2.45) is 0 Å². The van der Waals surface area contributed by atoms with Crippen LogP contribution in [-0.4, -0.2) is 0 Å². The van der Waals surface area contributed by atoms with Crippen LogP contribution in [0.2, 0.25) is 0 Å². The minimum atomic E-state index is 0.0683. The predicted molar refractivity (Wildman–Crippen MR) is 143 cm³/mol. The Morgan fingerprint density at radius 2 is 1.45 bits per heavy atom. The largest absolute Gasteiger partial charge is 0.0753 e. The average molecular weight is 437 g/mol. The van der Waals surface area contributed by atoms with E-state index in [4.69, 9.17) is 0 Å². The Morgan fingerprint density at radius 1 is 0.818 bits per heavy atom. The van der Waals surface area contributed by atoms with Gasteiger partial charge >= 0.3 is 0 Å². The molecule has 172 valence electrons. The number of aryl methyl sites for hydroxylation is 1. The normalized spacial score (nSPS) is 17.7. The molecule has 2 aromatic carbocycles. The summed E-state index contributed by atoms with van der Waals surface area (Å²) in [6, 6.07) is 7.58. The van der Waals surface area contributed by atoms with Gasteiger partial charge in [0.15, 0.2) is 0 Å². The highest BCUT2D eigenvalue weighted by Gasteiger charge is 2.32. The van der Waals surface area contributed by atoms with E-state index in [0.29, 0.717) is 5.92 Å². The first-order valence-corrected chi connectivity index (χ1v) is 12.9. The molecule has 2 aromatic rings. The van der Waals surface area contributed by atoms with Crippen LogP contribution >= 0.6 is 0 Å². The molecule has 0 heteroatoms. The molecular weight excluding hydrogens is 396 g/mol. The maximum absolute atomic E-state index is 2.58. The summed E-state index contributed by atoms with van der Waals surface area (Å²) in [5, 5.41) is 0. The van der Waals surface area contributed by atoms with Crippen LogP contribution in [0.3, 0.4) is 0 Å². The molecule has 0 amide bonds. The smallest absolute Gasteiger partial charge is 0.0210 e. The number of fused-ring (bicyclic) bond motifs is 3. The lowest BCUT2D eigenvalue weighted by Gasteiger charge is -2.28. The lowest BCUT2D eigenvalue weighted by atomic mass is 9.76. The molecule has 0 bridgehead atoms. The molecule has 5 rings (SSSR count). The summed E-state index contributed by atoms with van der Waals surface area (Å²) in [5.41, 5.74) is 15.3. The monoisotopic (exact) mass is 436 g/mol. The summed E-state index contributed by atoms with van der Waals surface area (Å²) in [5.74, 6) is 0.402. The van der Waals surface area contributed by atoms with Crippen LogP contribution in [0, 0.1) is 13.8 Å². The van der Waals surface area contributed by atoms with Gasteiger partial charge in [-0.15, -0.1) is 0 Å². The fraction of sp³-hybridized carbons (Fsp3) is 0.455. The Hall–Kier alpha value is -2.34. The van der Waals surface area contributed by atoms with E-state index in [2.05, 4.69) is 97.0 Å². The first-order valence-electron chi connectivity index (χ1n) is 12.9. The van der Waals surface area contributed by atoms with Gasteiger partial charge in [0, 0.05) is 11.3 Å². The molecule has 0 N–H and O–H groups in total. The molecule has 0 heterocycles. The molecular formula is C33H40. The summed E-state index contributed by atoms with van der Waals surface area (Å²) in [4.78, 5) is 0. The topological polar surface area (TPSA) is 0 Å². The van der Waals surface area contributed by atoms with Crippen molar-refractivity contribution in [1.82, 2.24) is 0 Å². The lowest BCUT2D eigenvalue weighted by Crippen LogP contribution is -2.17. The van der Waals surface area contributed by atoms with Crippen LogP contribution in [0.4, 0.5) is 0 Å². The maximum atomic E-state index is 2.58. The Kier molecular flexibility index (Phi) is 5.35. The molecule has 0 unspecified atom stereocenters. The number of benzene rings is 2. The average Bonchev–Trinajstić information content (AvgIpc) is 3.46. The molecule has 0 aromatic heterocycles. The van der Waals surface area contributed by atoms with E-state index in [1.807, 2.05) is 0 Å². The van der Waals surface area contributed by atoms with Gasteiger partial charge in [-0.2, -0.15) is 0 Å². The fourth-order valence-corrected chi connectivity index (χ4v) is 6.75. The zero-order chi connectivity index (χ0) is 23.5. The van der Waals surface area contributed by atoms with E-state index >= 15 is 0 Å². The van der Waals surface area contributed by atoms with Crippen LogP contribution < -0.4 is 0 Å². The SMILES string of the molecule is Cc1cc2c(cc1C(C)(C)C=C1CCCC1)-c1cc(C(C)(C)C)c(C)c(C3C=CC=C3)c1C2. The van der Waals surface area contributed by atoms with Gasteiger partial charge in [-0.05, 0) is 108 Å². The highest BCUT2D eigenvalue weighted by Crippen LogP contribution is 2.48. The highest BCUT2D eigenvalue weighted by atomic mass is 14.4. The molecule has 0 saturated heterocycles. The molecule has 0 nitrogen and oxygen atoms in total. The van der Waals surface area contributed by atoms with E-state index < -0.39 is 0 Å². The highest BCUT2D eigenvalue weighted by molar-refractivity contribution is 5.82. The first kappa shape index (κ1) is 22.5. The summed E-state index contributed by atoms with van der Waals surface area (Å²) in [6.45, 7) is 16.6. The number of allylic oxidation sites excluding steroid dienone is 6. The number of rotatable bonds is 3. The van der Waals surface area contributed by atoms with Crippen molar-refractivity contribution in [3.05, 3.63) is 93.1 Å². The molecule has 1 fully saturated rings. The second-order valence-corrected chi connectivity index (χ2v) is 12.3. The van der Waals surface area contributed by atoms with Gasteiger partial charge in [-0.25, -0.2) is 0 Å². The Bertz CT molecular complexity index is 1180. The van der Waals surface area contributed by atoms with Crippen molar-refractivity contribution in [1.29, 1.82) is 0 Å². The Labute approximate surface area is 201 Å². The Balaban J connectivity index is 1.70. The molecule has 33 heavy (non-hydrogen) atoms. The molecule has 3 aliphatic rings. The third-order valence-corrected chi connectivity index (χ3v) is 8.25. The summed E-state index contributed by atoms with van der Waals surface area (Å²) >= 11 is 0. The van der Waals surface area contributed by atoms with Gasteiger partial charge in [0.1, 0.15) is 0 Å². The van der Waals surface area contributed by atoms with Crippen molar-refractivity contribution in [2.75, 3.05) is 0 Å². The fourth-order valence-electron chi connectivity index (χ4n) is 6.75. The molecule has 3 aliphatic carbocycles. The van der Waals surface area contributed by atoms with E-state index in [1.54, 1.807) is 16.7 Å². The van der Waals surface area contributed by atoms with Crippen LogP contribution in [-0.2, 0) is 17.3 Å². The number of hydrogen-bond donors (Lipinski definition) is 0. The Morgan fingerprint density at radius 3 is 2.09 bits per heavy atom. The van der Waals surface area contributed by atoms with Crippen LogP contribution in [0.25, 0.3) is 11.1 Å². The second-order valence-electron chi connectivity index (χ2n) is 12.3. The summed E-state index contributed by atoms with van der Waals surface area (Å²) in [6.07, 6.45) is 18.1. The van der Waals surface area contributed by atoms with Gasteiger partial charge in [-0.1, -0.05) is 82.7 Å². The predicted octanol–water partition coefficient (Wildman–Crippen LogP) is 9.16. The molecule has 0 spiro atoms. The van der Waals surface area contributed by atoms with Crippen LogP contribution in [0.5, 0.6) is 0 Å². The van der Waals surface area contributed by atoms with Gasteiger partial charge < -0.3 is 0 Å². The summed E-state index contributed by atoms with van der Waals surface area (Å²) in [7, 11) is 0. The van der Waals surface area contributed by atoms with Crippen molar-refractivity contribution in [2.45, 2.75) is 97.3 Å². The standard InChI is InChI=1S/C33H40/c1-21-16-25-17-28-27(26(25)18-29(21)33(6,7)20-23-12-8-9-13-23)19-30(32(3,4)5)22(2)31(28)24-14-10-11-15-24/h10-11,14-16,18-20,24H,8-9,12-13,17H2,1-7H3. The van der Waals surface area contributed by atoms with Gasteiger partial charge in [0.25, 0.3) is 0 Å². The molecule has 1 saturated carbocycles. The van der Waals surface area contributed by atoms with E-state index in [1.165, 1.54) is 64.6 Å².